The molecule has 2 aliphatic rings. The van der Waals surface area contributed by atoms with Crippen molar-refractivity contribution in [2.45, 2.75) is 77.2 Å². The Morgan fingerprint density at radius 1 is 1.12 bits per heavy atom. The molecule has 2 aromatic rings. The number of ether oxygens (including phenoxy) is 4. The first-order chi connectivity index (χ1) is 24.0. The third-order valence-electron chi connectivity index (χ3n) is 9.77. The third-order valence-corrected chi connectivity index (χ3v) is 10.6. The van der Waals surface area contributed by atoms with E-state index in [9.17, 15) is 24.6 Å². The Labute approximate surface area is 308 Å². The minimum atomic E-state index is -1.25. The molecule has 0 saturated heterocycles. The van der Waals surface area contributed by atoms with E-state index in [1.165, 1.54) is 13.2 Å². The van der Waals surface area contributed by atoms with Crippen LogP contribution in [0, 0.1) is 21.3 Å². The number of hydrogen-bond donors (Lipinski definition) is 3. The van der Waals surface area contributed by atoms with Crippen molar-refractivity contribution in [2.24, 2.45) is 17.8 Å². The first-order valence-corrected chi connectivity index (χ1v) is 18.4. The summed E-state index contributed by atoms with van der Waals surface area (Å²) in [5.74, 6) is 1.76. The number of carbonyl (C=O) groups excluding carboxylic acids is 3. The van der Waals surface area contributed by atoms with Gasteiger partial charge in [0.25, 0.3) is 0 Å². The van der Waals surface area contributed by atoms with Crippen LogP contribution in [-0.4, -0.2) is 98.1 Å². The Bertz CT molecular complexity index is 1500. The first kappa shape index (κ1) is 39.6. The van der Waals surface area contributed by atoms with Crippen molar-refractivity contribution in [3.63, 3.8) is 0 Å². The van der Waals surface area contributed by atoms with Crippen LogP contribution < -0.4 is 19.5 Å². The van der Waals surface area contributed by atoms with Gasteiger partial charge in [-0.1, -0.05) is 45.4 Å². The van der Waals surface area contributed by atoms with E-state index in [1.807, 2.05) is 46.9 Å². The summed E-state index contributed by atoms with van der Waals surface area (Å²) in [7, 11) is 3.05. The van der Waals surface area contributed by atoms with Crippen molar-refractivity contribution in [3.8, 4) is 17.2 Å². The number of carbonyl (C=O) groups is 3. The SMILES string of the molecule is COc1ccccc1CCN(C(=O)CO[C@H]1C[C@@H](C)CC[C@@H]1C(C)C)[C@@H]1CC(C(=O)NCCO)=C[C@H](Oc2c(I)cc(C=O)cc2OC)[C@H]1O. The molecule has 1 fully saturated rings. The summed E-state index contributed by atoms with van der Waals surface area (Å²) < 4.78 is 24.5. The van der Waals surface area contributed by atoms with E-state index < -0.39 is 24.2 Å². The zero-order valence-electron chi connectivity index (χ0n) is 29.6. The first-order valence-electron chi connectivity index (χ1n) is 17.3. The molecule has 12 heteroatoms. The van der Waals surface area contributed by atoms with Gasteiger partial charge in [-0.15, -0.1) is 0 Å². The van der Waals surface area contributed by atoms with Crippen LogP contribution >= 0.6 is 22.6 Å². The van der Waals surface area contributed by atoms with Crippen molar-refractivity contribution in [1.29, 1.82) is 0 Å². The molecule has 4 rings (SSSR count). The molecule has 0 bridgehead atoms. The van der Waals surface area contributed by atoms with Gasteiger partial charge in [0.1, 0.15) is 30.9 Å². The molecular formula is C38H51IN2O9. The van der Waals surface area contributed by atoms with E-state index in [1.54, 1.807) is 24.2 Å². The Morgan fingerprint density at radius 3 is 2.54 bits per heavy atom. The van der Waals surface area contributed by atoms with Crippen molar-refractivity contribution in [2.75, 3.05) is 40.5 Å². The van der Waals surface area contributed by atoms with Crippen molar-refractivity contribution >= 4 is 40.7 Å². The molecule has 274 valence electrons. The molecule has 0 heterocycles. The fourth-order valence-corrected chi connectivity index (χ4v) is 7.78. The molecule has 3 N–H and O–H groups in total. The highest BCUT2D eigenvalue weighted by molar-refractivity contribution is 14.1. The number of rotatable bonds is 16. The van der Waals surface area contributed by atoms with Crippen LogP contribution in [0.25, 0.3) is 0 Å². The number of hydrogen-bond acceptors (Lipinski definition) is 9. The summed E-state index contributed by atoms with van der Waals surface area (Å²) in [6.45, 7) is 6.42. The maximum absolute atomic E-state index is 14.3. The number of methoxy groups -OCH3 is 2. The normalized spacial score (nSPS) is 23.5. The highest BCUT2D eigenvalue weighted by atomic mass is 127. The predicted molar refractivity (Wildman–Crippen MR) is 198 cm³/mol. The quantitative estimate of drug-likeness (QED) is 0.164. The molecule has 0 aromatic heterocycles. The summed E-state index contributed by atoms with van der Waals surface area (Å²) in [5.41, 5.74) is 1.58. The zero-order valence-corrected chi connectivity index (χ0v) is 31.8. The van der Waals surface area contributed by atoms with E-state index in [4.69, 9.17) is 18.9 Å². The zero-order chi connectivity index (χ0) is 36.4. The summed E-state index contributed by atoms with van der Waals surface area (Å²) in [5, 5.41) is 24.1. The van der Waals surface area contributed by atoms with E-state index in [2.05, 4.69) is 26.1 Å². The molecule has 6 atom stereocenters. The van der Waals surface area contributed by atoms with Crippen LogP contribution in [0.3, 0.4) is 0 Å². The van der Waals surface area contributed by atoms with Gasteiger partial charge in [0, 0.05) is 30.6 Å². The van der Waals surface area contributed by atoms with E-state index >= 15 is 0 Å². The molecule has 2 amide bonds. The van der Waals surface area contributed by atoms with Crippen LogP contribution in [0.5, 0.6) is 17.2 Å². The average Bonchev–Trinajstić information content (AvgIpc) is 3.11. The van der Waals surface area contributed by atoms with Crippen LogP contribution in [0.4, 0.5) is 0 Å². The maximum atomic E-state index is 14.3. The second-order valence-corrected chi connectivity index (χ2v) is 14.7. The maximum Gasteiger partial charge on any atom is 0.248 e. The number of para-hydroxylation sites is 1. The lowest BCUT2D eigenvalue weighted by atomic mass is 9.75. The highest BCUT2D eigenvalue weighted by Crippen LogP contribution is 2.38. The Kier molecular flexibility index (Phi) is 14.9. The summed E-state index contributed by atoms with van der Waals surface area (Å²) in [6.07, 6.45) is 3.39. The van der Waals surface area contributed by atoms with Gasteiger partial charge in [0.05, 0.1) is 36.5 Å². The van der Waals surface area contributed by atoms with Crippen molar-refractivity contribution in [1.82, 2.24) is 10.2 Å². The number of nitrogens with zero attached hydrogens (tertiary/aromatic N) is 1. The molecule has 0 radical (unpaired) electrons. The van der Waals surface area contributed by atoms with E-state index in [0.717, 1.165) is 24.8 Å². The topological polar surface area (TPSA) is 144 Å². The van der Waals surface area contributed by atoms with Crippen molar-refractivity contribution < 1.29 is 43.5 Å². The van der Waals surface area contributed by atoms with Gasteiger partial charge in [0.15, 0.2) is 11.5 Å². The summed E-state index contributed by atoms with van der Waals surface area (Å²) >= 11 is 2.03. The minimum Gasteiger partial charge on any atom is -0.496 e. The van der Waals surface area contributed by atoms with Gasteiger partial charge in [-0.25, -0.2) is 0 Å². The molecule has 2 aliphatic carbocycles. The fourth-order valence-electron chi connectivity index (χ4n) is 7.03. The van der Waals surface area contributed by atoms with Gasteiger partial charge in [-0.05, 0) is 89.4 Å². The Balaban J connectivity index is 1.69. The molecule has 0 aliphatic heterocycles. The third kappa shape index (κ3) is 9.98. The molecule has 2 aromatic carbocycles. The standard InChI is InChI=1S/C38H51IN2O9/c1-23(2)28-11-10-24(3)16-32(28)49-22-35(44)41(14-12-26-8-6-7-9-31(26)47-4)30-19-27(38(46)40-13-15-42)20-33(36(30)45)50-37-29(39)17-25(21-43)18-34(37)48-5/h6-9,17-18,20-21,23-24,28,30,32-33,36,42,45H,10-16,19,22H2,1-5H3,(H,40,46)/t24-,28+,30+,32-,33-,36-/m0/s1. The summed E-state index contributed by atoms with van der Waals surface area (Å²) in [6, 6.07) is 9.87. The van der Waals surface area contributed by atoms with Gasteiger partial charge < -0.3 is 39.4 Å². The van der Waals surface area contributed by atoms with Gasteiger partial charge in [-0.2, -0.15) is 0 Å². The average molecular weight is 807 g/mol. The number of halogens is 1. The van der Waals surface area contributed by atoms with Crippen LogP contribution in [0.1, 0.15) is 62.4 Å². The summed E-state index contributed by atoms with van der Waals surface area (Å²) in [4.78, 5) is 40.8. The highest BCUT2D eigenvalue weighted by Gasteiger charge is 2.41. The fraction of sp³-hybridized carbons (Fsp3) is 0.553. The molecule has 0 spiro atoms. The second-order valence-electron chi connectivity index (χ2n) is 13.5. The molecule has 0 unspecified atom stereocenters. The van der Waals surface area contributed by atoms with E-state index in [0.29, 0.717) is 50.9 Å². The number of amides is 2. The molecular weight excluding hydrogens is 755 g/mol. The van der Waals surface area contributed by atoms with Crippen LogP contribution in [-0.2, 0) is 20.7 Å². The largest absolute Gasteiger partial charge is 0.496 e. The number of aldehydes is 1. The Morgan fingerprint density at radius 2 is 1.86 bits per heavy atom. The number of aliphatic hydroxyl groups is 2. The van der Waals surface area contributed by atoms with Gasteiger partial charge >= 0.3 is 0 Å². The lowest BCUT2D eigenvalue weighted by Crippen LogP contribution is -2.56. The van der Waals surface area contributed by atoms with Gasteiger partial charge in [-0.3, -0.25) is 14.4 Å². The number of benzene rings is 2. The minimum absolute atomic E-state index is 0.0366. The van der Waals surface area contributed by atoms with Crippen LogP contribution in [0.15, 0.2) is 48.0 Å². The van der Waals surface area contributed by atoms with E-state index in [-0.39, 0.29) is 56.2 Å². The molecule has 50 heavy (non-hydrogen) atoms. The van der Waals surface area contributed by atoms with Crippen molar-refractivity contribution in [3.05, 3.63) is 62.7 Å². The molecule has 1 saturated carbocycles. The molecule has 11 nitrogen and oxygen atoms in total. The number of aliphatic hydroxyl groups excluding tert-OH is 2. The smallest absolute Gasteiger partial charge is 0.248 e. The van der Waals surface area contributed by atoms with Gasteiger partial charge in [0.2, 0.25) is 11.8 Å². The second kappa shape index (κ2) is 18.9. The monoisotopic (exact) mass is 806 g/mol. The lowest BCUT2D eigenvalue weighted by molar-refractivity contribution is -0.148. The van der Waals surface area contributed by atoms with Crippen LogP contribution in [0.2, 0.25) is 0 Å². The lowest BCUT2D eigenvalue weighted by Gasteiger charge is -2.41. The Hall–Kier alpha value is -3.20. The predicted octanol–water partition coefficient (Wildman–Crippen LogP) is 4.59. The number of nitrogens with one attached hydrogen (secondary N) is 1.